The van der Waals surface area contributed by atoms with Gasteiger partial charge in [0.05, 0.1) is 0 Å². The number of nitrogens with one attached hydrogen (secondary N) is 1. The topological polar surface area (TPSA) is 12.0 Å². The summed E-state index contributed by atoms with van der Waals surface area (Å²) in [5.74, 6) is 0.865. The largest absolute Gasteiger partial charge is 0.310 e. The van der Waals surface area contributed by atoms with E-state index in [-0.39, 0.29) is 0 Å². The Bertz CT molecular complexity index is 120. The Hall–Kier alpha value is -0.300. The van der Waals surface area contributed by atoms with E-state index in [1.54, 1.807) is 0 Å². The highest BCUT2D eigenvalue weighted by Gasteiger charge is 2.19. The molecule has 2 atom stereocenters. The van der Waals surface area contributed by atoms with Crippen LogP contribution in [0, 0.1) is 5.92 Å². The third kappa shape index (κ3) is 2.66. The highest BCUT2D eigenvalue weighted by atomic mass is 14.9. The fourth-order valence-corrected chi connectivity index (χ4v) is 1.85. The standard InChI is InChI=1S/C10H19N/c1-3-8-11-10-7-5-4-6-9(10)2/h3,9-11H,1,4-8H2,2H3/t9-,10-/m1/s1. The average molecular weight is 153 g/mol. The lowest BCUT2D eigenvalue weighted by Gasteiger charge is -2.29. The van der Waals surface area contributed by atoms with Gasteiger partial charge in [0.15, 0.2) is 0 Å². The van der Waals surface area contributed by atoms with Crippen molar-refractivity contribution in [2.75, 3.05) is 6.54 Å². The van der Waals surface area contributed by atoms with Gasteiger partial charge in [-0.15, -0.1) is 6.58 Å². The predicted molar refractivity (Wildman–Crippen MR) is 49.6 cm³/mol. The molecule has 1 rings (SSSR count). The van der Waals surface area contributed by atoms with Crippen LogP contribution in [0.3, 0.4) is 0 Å². The van der Waals surface area contributed by atoms with Crippen LogP contribution < -0.4 is 5.32 Å². The molecule has 1 heteroatoms. The van der Waals surface area contributed by atoms with Gasteiger partial charge in [0, 0.05) is 12.6 Å². The molecule has 0 amide bonds. The maximum Gasteiger partial charge on any atom is 0.0134 e. The first-order valence-electron chi connectivity index (χ1n) is 4.69. The Kier molecular flexibility index (Phi) is 3.64. The Labute approximate surface area is 69.9 Å². The third-order valence-electron chi connectivity index (χ3n) is 2.64. The molecule has 1 aliphatic rings. The molecule has 0 spiro atoms. The maximum absolute atomic E-state index is 3.71. The SMILES string of the molecule is C=CCN[C@@H]1CCCC[C@H]1C. The minimum absolute atomic E-state index is 0.752. The molecule has 0 aliphatic heterocycles. The molecule has 0 unspecified atom stereocenters. The van der Waals surface area contributed by atoms with Gasteiger partial charge >= 0.3 is 0 Å². The van der Waals surface area contributed by atoms with Crippen molar-refractivity contribution in [2.24, 2.45) is 5.92 Å². The summed E-state index contributed by atoms with van der Waals surface area (Å²) in [5.41, 5.74) is 0. The molecular weight excluding hydrogens is 134 g/mol. The summed E-state index contributed by atoms with van der Waals surface area (Å²) in [4.78, 5) is 0. The van der Waals surface area contributed by atoms with E-state index >= 15 is 0 Å². The lowest BCUT2D eigenvalue weighted by Crippen LogP contribution is -2.37. The van der Waals surface area contributed by atoms with Crippen LogP contribution in [0.25, 0.3) is 0 Å². The van der Waals surface area contributed by atoms with Crippen molar-refractivity contribution >= 4 is 0 Å². The lowest BCUT2D eigenvalue weighted by molar-refractivity contribution is 0.288. The van der Waals surface area contributed by atoms with Crippen LogP contribution in [0.15, 0.2) is 12.7 Å². The van der Waals surface area contributed by atoms with E-state index < -0.39 is 0 Å². The molecule has 0 radical (unpaired) electrons. The first-order chi connectivity index (χ1) is 5.34. The Morgan fingerprint density at radius 1 is 1.45 bits per heavy atom. The molecule has 0 heterocycles. The van der Waals surface area contributed by atoms with Crippen LogP contribution in [-0.2, 0) is 0 Å². The molecule has 0 aromatic rings. The molecule has 0 aromatic heterocycles. The van der Waals surface area contributed by atoms with Crippen molar-refractivity contribution in [3.8, 4) is 0 Å². The Balaban J connectivity index is 2.23. The molecule has 1 nitrogen and oxygen atoms in total. The molecule has 0 saturated heterocycles. The zero-order valence-corrected chi connectivity index (χ0v) is 7.47. The highest BCUT2D eigenvalue weighted by Crippen LogP contribution is 2.23. The van der Waals surface area contributed by atoms with Crippen molar-refractivity contribution in [1.29, 1.82) is 0 Å². The van der Waals surface area contributed by atoms with Gasteiger partial charge < -0.3 is 5.32 Å². The zero-order valence-electron chi connectivity index (χ0n) is 7.47. The van der Waals surface area contributed by atoms with Gasteiger partial charge in [-0.25, -0.2) is 0 Å². The van der Waals surface area contributed by atoms with Gasteiger partial charge in [0.1, 0.15) is 0 Å². The summed E-state index contributed by atoms with van der Waals surface area (Å²) in [6.07, 6.45) is 7.53. The second-order valence-corrected chi connectivity index (χ2v) is 3.57. The van der Waals surface area contributed by atoms with E-state index in [1.807, 2.05) is 6.08 Å². The molecule has 1 aliphatic carbocycles. The van der Waals surface area contributed by atoms with Gasteiger partial charge in [-0.1, -0.05) is 25.8 Å². The molecule has 1 fully saturated rings. The molecule has 1 saturated carbocycles. The zero-order chi connectivity index (χ0) is 8.10. The quantitative estimate of drug-likeness (QED) is 0.614. The van der Waals surface area contributed by atoms with Crippen molar-refractivity contribution in [3.05, 3.63) is 12.7 Å². The van der Waals surface area contributed by atoms with Crippen LogP contribution in [0.5, 0.6) is 0 Å². The maximum atomic E-state index is 3.71. The summed E-state index contributed by atoms with van der Waals surface area (Å²) in [7, 11) is 0. The molecule has 11 heavy (non-hydrogen) atoms. The summed E-state index contributed by atoms with van der Waals surface area (Å²) in [5, 5.41) is 3.50. The molecule has 0 aromatic carbocycles. The molecule has 64 valence electrons. The molecule has 0 bridgehead atoms. The summed E-state index contributed by atoms with van der Waals surface area (Å²) >= 11 is 0. The fraction of sp³-hybridized carbons (Fsp3) is 0.800. The van der Waals surface area contributed by atoms with Crippen LogP contribution in [-0.4, -0.2) is 12.6 Å². The highest BCUT2D eigenvalue weighted by molar-refractivity contribution is 4.81. The van der Waals surface area contributed by atoms with E-state index in [0.29, 0.717) is 0 Å². The van der Waals surface area contributed by atoms with E-state index in [9.17, 15) is 0 Å². The number of hydrogen-bond donors (Lipinski definition) is 1. The van der Waals surface area contributed by atoms with Crippen molar-refractivity contribution in [1.82, 2.24) is 5.32 Å². The number of hydrogen-bond acceptors (Lipinski definition) is 1. The first kappa shape index (κ1) is 8.79. The Morgan fingerprint density at radius 3 is 2.82 bits per heavy atom. The van der Waals surface area contributed by atoms with E-state index in [2.05, 4.69) is 18.8 Å². The monoisotopic (exact) mass is 153 g/mol. The minimum atomic E-state index is 0.752. The second-order valence-electron chi connectivity index (χ2n) is 3.57. The van der Waals surface area contributed by atoms with Crippen LogP contribution in [0.1, 0.15) is 32.6 Å². The van der Waals surface area contributed by atoms with Gasteiger partial charge in [-0.3, -0.25) is 0 Å². The van der Waals surface area contributed by atoms with Gasteiger partial charge in [-0.05, 0) is 18.8 Å². The van der Waals surface area contributed by atoms with Crippen molar-refractivity contribution < 1.29 is 0 Å². The minimum Gasteiger partial charge on any atom is -0.310 e. The average Bonchev–Trinajstić information content (AvgIpc) is 2.03. The summed E-state index contributed by atoms with van der Waals surface area (Å²) < 4.78 is 0. The first-order valence-corrected chi connectivity index (χ1v) is 4.69. The van der Waals surface area contributed by atoms with E-state index in [0.717, 1.165) is 18.5 Å². The summed E-state index contributed by atoms with van der Waals surface area (Å²) in [6.45, 7) is 7.02. The van der Waals surface area contributed by atoms with Crippen LogP contribution in [0.4, 0.5) is 0 Å². The number of rotatable bonds is 3. The Morgan fingerprint density at radius 2 is 2.18 bits per heavy atom. The van der Waals surface area contributed by atoms with Gasteiger partial charge in [-0.2, -0.15) is 0 Å². The molecular formula is C10H19N. The normalized spacial score (nSPS) is 31.7. The van der Waals surface area contributed by atoms with Gasteiger partial charge in [0.2, 0.25) is 0 Å². The summed E-state index contributed by atoms with van der Waals surface area (Å²) in [6, 6.07) is 0.752. The smallest absolute Gasteiger partial charge is 0.0134 e. The van der Waals surface area contributed by atoms with Crippen molar-refractivity contribution in [3.63, 3.8) is 0 Å². The second kappa shape index (κ2) is 4.55. The van der Waals surface area contributed by atoms with Gasteiger partial charge in [0.25, 0.3) is 0 Å². The van der Waals surface area contributed by atoms with E-state index in [1.165, 1.54) is 25.7 Å². The fourth-order valence-electron chi connectivity index (χ4n) is 1.85. The van der Waals surface area contributed by atoms with Crippen LogP contribution in [0.2, 0.25) is 0 Å². The van der Waals surface area contributed by atoms with Crippen LogP contribution >= 0.6 is 0 Å². The van der Waals surface area contributed by atoms with E-state index in [4.69, 9.17) is 0 Å². The third-order valence-corrected chi connectivity index (χ3v) is 2.64. The molecule has 1 N–H and O–H groups in total. The van der Waals surface area contributed by atoms with Crippen molar-refractivity contribution in [2.45, 2.75) is 38.6 Å². The predicted octanol–water partition coefficient (Wildman–Crippen LogP) is 2.34. The lowest BCUT2D eigenvalue weighted by atomic mass is 9.86.